The monoisotopic (exact) mass is 715 g/mol. The molecule has 12 rings (SSSR count). The van der Waals surface area contributed by atoms with E-state index in [0.29, 0.717) is 17.5 Å². The van der Waals surface area contributed by atoms with E-state index in [-0.39, 0.29) is 0 Å². The molecule has 0 aliphatic carbocycles. The number of hydrogen-bond acceptors (Lipinski definition) is 5. The first-order chi connectivity index (χ1) is 27.7. The van der Waals surface area contributed by atoms with Gasteiger partial charge in [-0.05, 0) is 85.9 Å². The average molecular weight is 716 g/mol. The quantitative estimate of drug-likeness (QED) is 0.170. The summed E-state index contributed by atoms with van der Waals surface area (Å²) in [5.41, 5.74) is 8.19. The van der Waals surface area contributed by atoms with Crippen molar-refractivity contribution in [1.29, 1.82) is 0 Å². The van der Waals surface area contributed by atoms with Crippen LogP contribution in [0.2, 0.25) is 0 Å². The molecule has 56 heavy (non-hydrogen) atoms. The fourth-order valence-electron chi connectivity index (χ4n) is 8.43. The van der Waals surface area contributed by atoms with Gasteiger partial charge in [-0.25, -0.2) is 15.0 Å². The van der Waals surface area contributed by atoms with E-state index in [0.717, 1.165) is 82.5 Å². The number of hydrogen-bond donors (Lipinski definition) is 0. The van der Waals surface area contributed by atoms with Crippen LogP contribution in [0.5, 0.6) is 0 Å². The molecule has 5 nitrogen and oxygen atoms in total. The number of benzene rings is 9. The highest BCUT2D eigenvalue weighted by molar-refractivity contribution is 6.17. The molecule has 0 aliphatic heterocycles. The van der Waals surface area contributed by atoms with Crippen molar-refractivity contribution < 1.29 is 8.83 Å². The summed E-state index contributed by atoms with van der Waals surface area (Å²) in [6.07, 6.45) is 0. The standard InChI is InChI=1S/C51H29N3O2/c1-2-11-31(12-3-1)49-52-50(36-23-24-38-34(26-36)21-20-30-10-6-7-15-37(30)38)54-51(53-49)41-17-9-19-44-48(41)40-25-22-35(29-45(40)55-44)39-16-8-18-43-47(39)42-27-32-13-4-5-14-33(32)28-46(42)56-43/h1-29H. The highest BCUT2D eigenvalue weighted by atomic mass is 16.3. The number of nitrogens with zero attached hydrogens (tertiary/aromatic N) is 3. The minimum absolute atomic E-state index is 0.590. The Bertz CT molecular complexity index is 3550. The van der Waals surface area contributed by atoms with E-state index in [4.69, 9.17) is 23.8 Å². The molecule has 0 amide bonds. The summed E-state index contributed by atoms with van der Waals surface area (Å²) < 4.78 is 13.0. The third kappa shape index (κ3) is 4.78. The van der Waals surface area contributed by atoms with Crippen molar-refractivity contribution in [3.63, 3.8) is 0 Å². The summed E-state index contributed by atoms with van der Waals surface area (Å²) >= 11 is 0. The van der Waals surface area contributed by atoms with Gasteiger partial charge in [-0.15, -0.1) is 0 Å². The van der Waals surface area contributed by atoms with Gasteiger partial charge in [0.05, 0.1) is 0 Å². The lowest BCUT2D eigenvalue weighted by molar-refractivity contribution is 0.668. The molecule has 12 aromatic rings. The lowest BCUT2D eigenvalue weighted by Crippen LogP contribution is -2.00. The predicted molar refractivity (Wildman–Crippen MR) is 229 cm³/mol. The Morgan fingerprint density at radius 2 is 0.875 bits per heavy atom. The molecule has 0 unspecified atom stereocenters. The maximum Gasteiger partial charge on any atom is 0.164 e. The van der Waals surface area contributed by atoms with Gasteiger partial charge in [0.15, 0.2) is 17.5 Å². The van der Waals surface area contributed by atoms with Crippen LogP contribution in [0.4, 0.5) is 0 Å². The smallest absolute Gasteiger partial charge is 0.164 e. The molecular weight excluding hydrogens is 687 g/mol. The molecular formula is C51H29N3O2. The van der Waals surface area contributed by atoms with Crippen molar-refractivity contribution in [2.45, 2.75) is 0 Å². The first kappa shape index (κ1) is 30.8. The molecule has 9 aromatic carbocycles. The summed E-state index contributed by atoms with van der Waals surface area (Å²) in [5.74, 6) is 1.82. The van der Waals surface area contributed by atoms with Crippen LogP contribution in [0, 0.1) is 0 Å². The third-order valence-electron chi connectivity index (χ3n) is 11.1. The normalized spacial score (nSPS) is 11.9. The minimum atomic E-state index is 0.590. The first-order valence-corrected chi connectivity index (χ1v) is 18.8. The van der Waals surface area contributed by atoms with E-state index in [9.17, 15) is 0 Å². The fraction of sp³-hybridized carbons (Fsp3) is 0. The Morgan fingerprint density at radius 3 is 1.70 bits per heavy atom. The van der Waals surface area contributed by atoms with Crippen LogP contribution in [-0.4, -0.2) is 15.0 Å². The zero-order valence-corrected chi connectivity index (χ0v) is 29.9. The maximum absolute atomic E-state index is 6.63. The van der Waals surface area contributed by atoms with Gasteiger partial charge in [0.2, 0.25) is 0 Å². The molecule has 0 saturated heterocycles. The molecule has 0 aliphatic rings. The largest absolute Gasteiger partial charge is 0.456 e. The molecule has 3 heterocycles. The van der Waals surface area contributed by atoms with E-state index < -0.39 is 0 Å². The van der Waals surface area contributed by atoms with Crippen LogP contribution in [0.15, 0.2) is 185 Å². The molecule has 0 fully saturated rings. The van der Waals surface area contributed by atoms with Crippen molar-refractivity contribution in [2.24, 2.45) is 0 Å². The van der Waals surface area contributed by atoms with Gasteiger partial charge in [0.1, 0.15) is 22.3 Å². The van der Waals surface area contributed by atoms with E-state index >= 15 is 0 Å². The first-order valence-electron chi connectivity index (χ1n) is 18.8. The van der Waals surface area contributed by atoms with Crippen LogP contribution >= 0.6 is 0 Å². The number of rotatable bonds is 4. The van der Waals surface area contributed by atoms with Crippen LogP contribution in [-0.2, 0) is 0 Å². The van der Waals surface area contributed by atoms with Gasteiger partial charge < -0.3 is 8.83 Å². The van der Waals surface area contributed by atoms with Crippen molar-refractivity contribution in [2.75, 3.05) is 0 Å². The zero-order valence-electron chi connectivity index (χ0n) is 29.9. The Morgan fingerprint density at radius 1 is 0.286 bits per heavy atom. The van der Waals surface area contributed by atoms with Crippen molar-refractivity contribution in [1.82, 2.24) is 15.0 Å². The van der Waals surface area contributed by atoms with Gasteiger partial charge in [0.25, 0.3) is 0 Å². The SMILES string of the molecule is c1ccc(-c2nc(-c3ccc4c(ccc5ccccc54)c3)nc(-c3cccc4oc5cc(-c6cccc7oc8cc9ccccc9cc8c67)ccc5c34)n2)cc1. The molecule has 5 heteroatoms. The van der Waals surface area contributed by atoms with Gasteiger partial charge in [-0.2, -0.15) is 0 Å². The van der Waals surface area contributed by atoms with E-state index in [1.807, 2.05) is 48.5 Å². The molecule has 3 aromatic heterocycles. The van der Waals surface area contributed by atoms with Crippen LogP contribution in [0.3, 0.4) is 0 Å². The second-order valence-electron chi connectivity index (χ2n) is 14.4. The second kappa shape index (κ2) is 11.9. The Hall–Kier alpha value is -7.63. The Balaban J connectivity index is 1.03. The van der Waals surface area contributed by atoms with Crippen LogP contribution < -0.4 is 0 Å². The van der Waals surface area contributed by atoms with Crippen LogP contribution in [0.1, 0.15) is 0 Å². The predicted octanol–water partition coefficient (Wildman–Crippen LogP) is 13.8. The molecule has 0 N–H and O–H groups in total. The van der Waals surface area contributed by atoms with Gasteiger partial charge >= 0.3 is 0 Å². The molecule has 0 saturated carbocycles. The van der Waals surface area contributed by atoms with E-state index in [1.165, 1.54) is 21.5 Å². The van der Waals surface area contributed by atoms with Gasteiger partial charge in [0, 0.05) is 38.2 Å². The Labute approximate surface area is 320 Å². The van der Waals surface area contributed by atoms with Crippen molar-refractivity contribution >= 4 is 76.2 Å². The lowest BCUT2D eigenvalue weighted by Gasteiger charge is -2.10. The average Bonchev–Trinajstić information content (AvgIpc) is 3.83. The second-order valence-corrected chi connectivity index (χ2v) is 14.4. The van der Waals surface area contributed by atoms with Crippen LogP contribution in [0.25, 0.3) is 121 Å². The minimum Gasteiger partial charge on any atom is -0.456 e. The Kier molecular flexibility index (Phi) is 6.56. The highest BCUT2D eigenvalue weighted by Gasteiger charge is 2.20. The highest BCUT2D eigenvalue weighted by Crippen LogP contribution is 2.42. The summed E-state index contributed by atoms with van der Waals surface area (Å²) in [4.78, 5) is 15.3. The molecule has 0 bridgehead atoms. The van der Waals surface area contributed by atoms with Gasteiger partial charge in [-0.3, -0.25) is 0 Å². The molecule has 260 valence electrons. The molecule has 0 radical (unpaired) electrons. The fourth-order valence-corrected chi connectivity index (χ4v) is 8.43. The summed E-state index contributed by atoms with van der Waals surface area (Å²) in [6, 6.07) is 61.0. The lowest BCUT2D eigenvalue weighted by atomic mass is 9.97. The number of fused-ring (bicyclic) bond motifs is 10. The number of furan rings is 2. The molecule has 0 atom stereocenters. The maximum atomic E-state index is 6.63. The topological polar surface area (TPSA) is 65.0 Å². The summed E-state index contributed by atoms with van der Waals surface area (Å²) in [6.45, 7) is 0. The number of aromatic nitrogens is 3. The van der Waals surface area contributed by atoms with E-state index in [2.05, 4.69) is 127 Å². The van der Waals surface area contributed by atoms with Gasteiger partial charge in [-0.1, -0.05) is 133 Å². The molecule has 0 spiro atoms. The summed E-state index contributed by atoms with van der Waals surface area (Å²) in [7, 11) is 0. The van der Waals surface area contributed by atoms with Crippen molar-refractivity contribution in [3.8, 4) is 45.3 Å². The van der Waals surface area contributed by atoms with E-state index in [1.54, 1.807) is 0 Å². The summed E-state index contributed by atoms with van der Waals surface area (Å²) in [5, 5.41) is 11.3. The van der Waals surface area contributed by atoms with Crippen molar-refractivity contribution in [3.05, 3.63) is 176 Å². The third-order valence-corrected chi connectivity index (χ3v) is 11.1. The zero-order chi connectivity index (χ0) is 36.7.